The van der Waals surface area contributed by atoms with Crippen molar-refractivity contribution in [2.75, 3.05) is 7.11 Å². The second-order valence-corrected chi connectivity index (χ2v) is 9.50. The summed E-state index contributed by atoms with van der Waals surface area (Å²) >= 11 is 0. The molecule has 0 bridgehead atoms. The molecule has 182 valence electrons. The summed E-state index contributed by atoms with van der Waals surface area (Å²) < 4.78 is 21.4. The van der Waals surface area contributed by atoms with Gasteiger partial charge in [-0.15, -0.1) is 10.2 Å². The average Bonchev–Trinajstić information content (AvgIpc) is 3.61. The van der Waals surface area contributed by atoms with Gasteiger partial charge in [0.1, 0.15) is 24.4 Å². The molecule has 10 nitrogen and oxygen atoms in total. The van der Waals surface area contributed by atoms with Crippen LogP contribution in [0.4, 0.5) is 0 Å². The van der Waals surface area contributed by atoms with E-state index in [1.165, 1.54) is 19.3 Å². The van der Waals surface area contributed by atoms with Gasteiger partial charge >= 0.3 is 0 Å². The zero-order valence-corrected chi connectivity index (χ0v) is 20.3. The highest BCUT2D eigenvalue weighted by Crippen LogP contribution is 2.36. The monoisotopic (exact) mass is 475 g/mol. The molecule has 2 aliphatic rings. The van der Waals surface area contributed by atoms with Crippen LogP contribution in [0.15, 0.2) is 29.0 Å². The number of fused-ring (bicyclic) bond motifs is 5. The number of hydrogen-bond acceptors (Lipinski definition) is 8. The number of benzene rings is 1. The molecular weight excluding hydrogens is 446 g/mol. The molecule has 0 saturated heterocycles. The van der Waals surface area contributed by atoms with Crippen LogP contribution in [-0.2, 0) is 17.9 Å². The van der Waals surface area contributed by atoms with Crippen LogP contribution in [0, 0.1) is 0 Å². The minimum absolute atomic E-state index is 0.138. The minimum Gasteiger partial charge on any atom is -0.497 e. The van der Waals surface area contributed by atoms with Crippen LogP contribution in [0.2, 0.25) is 0 Å². The van der Waals surface area contributed by atoms with E-state index in [4.69, 9.17) is 19.0 Å². The molecule has 3 aromatic heterocycles. The molecular formula is C25H29N7O3. The quantitative estimate of drug-likeness (QED) is 0.353. The van der Waals surface area contributed by atoms with Gasteiger partial charge in [0, 0.05) is 11.5 Å². The largest absolute Gasteiger partial charge is 0.497 e. The van der Waals surface area contributed by atoms with Gasteiger partial charge in [0.05, 0.1) is 31.1 Å². The summed E-state index contributed by atoms with van der Waals surface area (Å²) in [5.41, 5.74) is 3.48. The Morgan fingerprint density at radius 3 is 2.77 bits per heavy atom. The summed E-state index contributed by atoms with van der Waals surface area (Å²) in [5.74, 6) is 3.52. The van der Waals surface area contributed by atoms with Gasteiger partial charge in [0.15, 0.2) is 11.6 Å². The van der Waals surface area contributed by atoms with Gasteiger partial charge in [-0.1, -0.05) is 38.3 Å². The lowest BCUT2D eigenvalue weighted by Crippen LogP contribution is -2.18. The molecule has 35 heavy (non-hydrogen) atoms. The molecule has 1 fully saturated rings. The number of imidazole rings is 1. The van der Waals surface area contributed by atoms with Crippen LogP contribution < -0.4 is 4.74 Å². The smallest absolute Gasteiger partial charge is 0.229 e. The van der Waals surface area contributed by atoms with Crippen LogP contribution >= 0.6 is 0 Å². The third-order valence-corrected chi connectivity index (χ3v) is 6.85. The van der Waals surface area contributed by atoms with E-state index in [0.29, 0.717) is 30.6 Å². The predicted octanol–water partition coefficient (Wildman–Crippen LogP) is 4.52. The Kier molecular flexibility index (Phi) is 5.60. The molecule has 0 atom stereocenters. The Bertz CT molecular complexity index is 1350. The summed E-state index contributed by atoms with van der Waals surface area (Å²) in [6.45, 7) is 4.97. The number of aromatic nitrogens is 7. The molecule has 1 aromatic carbocycles. The fraction of sp³-hybridized carbons (Fsp3) is 0.480. The van der Waals surface area contributed by atoms with E-state index in [1.54, 1.807) is 13.4 Å². The maximum absolute atomic E-state index is 6.27. The fourth-order valence-corrected chi connectivity index (χ4v) is 4.90. The van der Waals surface area contributed by atoms with E-state index in [1.807, 2.05) is 32.0 Å². The highest BCUT2D eigenvalue weighted by molar-refractivity contribution is 5.72. The van der Waals surface area contributed by atoms with Crippen LogP contribution in [0.3, 0.4) is 0 Å². The maximum atomic E-state index is 6.27. The van der Waals surface area contributed by atoms with Crippen molar-refractivity contribution in [3.8, 4) is 34.3 Å². The molecule has 1 aliphatic heterocycles. The fourth-order valence-electron chi connectivity index (χ4n) is 4.90. The average molecular weight is 476 g/mol. The van der Waals surface area contributed by atoms with E-state index in [-0.39, 0.29) is 12.0 Å². The number of methoxy groups -OCH3 is 1. The van der Waals surface area contributed by atoms with Crippen LogP contribution in [0.25, 0.3) is 28.6 Å². The van der Waals surface area contributed by atoms with E-state index >= 15 is 0 Å². The Hall–Kier alpha value is -3.53. The molecule has 0 unspecified atom stereocenters. The van der Waals surface area contributed by atoms with Crippen LogP contribution in [0.5, 0.6) is 5.75 Å². The number of ether oxygens (including phenoxy) is 2. The summed E-state index contributed by atoms with van der Waals surface area (Å²) in [6.07, 6.45) is 8.04. The predicted molar refractivity (Wildman–Crippen MR) is 127 cm³/mol. The van der Waals surface area contributed by atoms with Gasteiger partial charge in [0.2, 0.25) is 11.7 Å². The topological polar surface area (TPSA) is 106 Å². The van der Waals surface area contributed by atoms with E-state index in [2.05, 4.69) is 29.5 Å². The summed E-state index contributed by atoms with van der Waals surface area (Å²) in [5, 5.41) is 13.3. The van der Waals surface area contributed by atoms with E-state index < -0.39 is 0 Å². The molecule has 0 amide bonds. The Labute approximate surface area is 203 Å². The molecule has 4 aromatic rings. The first-order valence-electron chi connectivity index (χ1n) is 12.2. The first kappa shape index (κ1) is 22.0. The number of nitrogens with zero attached hydrogens (tertiary/aromatic N) is 7. The van der Waals surface area contributed by atoms with Gasteiger partial charge in [-0.3, -0.25) is 4.57 Å². The molecule has 1 saturated carbocycles. The third kappa shape index (κ3) is 3.91. The van der Waals surface area contributed by atoms with Crippen molar-refractivity contribution < 1.29 is 14.0 Å². The molecule has 0 N–H and O–H groups in total. The van der Waals surface area contributed by atoms with Crippen molar-refractivity contribution in [1.82, 2.24) is 34.5 Å². The Balaban J connectivity index is 1.44. The first-order valence-corrected chi connectivity index (χ1v) is 12.2. The van der Waals surface area contributed by atoms with Crippen molar-refractivity contribution in [2.24, 2.45) is 0 Å². The summed E-state index contributed by atoms with van der Waals surface area (Å²) in [6, 6.07) is 5.94. The van der Waals surface area contributed by atoms with Crippen molar-refractivity contribution in [2.45, 2.75) is 71.1 Å². The first-order chi connectivity index (χ1) is 17.1. The Morgan fingerprint density at radius 1 is 1.14 bits per heavy atom. The molecule has 6 rings (SSSR count). The Morgan fingerprint density at radius 2 is 2.00 bits per heavy atom. The normalized spacial score (nSPS) is 15.5. The number of hydrogen-bond donors (Lipinski definition) is 0. The van der Waals surface area contributed by atoms with Gasteiger partial charge in [-0.25, -0.2) is 4.98 Å². The summed E-state index contributed by atoms with van der Waals surface area (Å²) in [7, 11) is 1.66. The van der Waals surface area contributed by atoms with Gasteiger partial charge in [0.25, 0.3) is 0 Å². The van der Waals surface area contributed by atoms with E-state index in [0.717, 1.165) is 47.2 Å². The van der Waals surface area contributed by atoms with Crippen molar-refractivity contribution in [3.05, 3.63) is 41.9 Å². The zero-order chi connectivity index (χ0) is 23.9. The standard InChI is InChI=1S/C25H29N7O3/c1-15(2)25-27-23(30-35-25)22-20-12-31-21(13-34-16-7-5-4-6-8-16)28-29-24(31)18-11-17(33-3)9-10-19(18)32(20)14-26-22/h9-11,14-16H,4-8,12-13H2,1-3H3. The lowest BCUT2D eigenvalue weighted by Gasteiger charge is -2.21. The van der Waals surface area contributed by atoms with Crippen molar-refractivity contribution in [3.63, 3.8) is 0 Å². The molecule has 0 radical (unpaired) electrons. The van der Waals surface area contributed by atoms with Gasteiger partial charge in [-0.05, 0) is 31.0 Å². The third-order valence-electron chi connectivity index (χ3n) is 6.85. The molecule has 0 spiro atoms. The lowest BCUT2D eigenvalue weighted by molar-refractivity contribution is 0.0122. The van der Waals surface area contributed by atoms with E-state index in [9.17, 15) is 0 Å². The SMILES string of the molecule is COc1ccc2c(c1)-c1nnc(COC3CCCCC3)n1Cc1c(-c3noc(C(C)C)n3)ncn1-2. The highest BCUT2D eigenvalue weighted by Gasteiger charge is 2.29. The van der Waals surface area contributed by atoms with Gasteiger partial charge in [-0.2, -0.15) is 4.98 Å². The van der Waals surface area contributed by atoms with Crippen LogP contribution in [-0.4, -0.2) is 47.7 Å². The van der Waals surface area contributed by atoms with Crippen molar-refractivity contribution >= 4 is 0 Å². The zero-order valence-electron chi connectivity index (χ0n) is 20.3. The second kappa shape index (κ2) is 8.92. The van der Waals surface area contributed by atoms with Gasteiger partial charge < -0.3 is 18.6 Å². The molecule has 10 heteroatoms. The van der Waals surface area contributed by atoms with Crippen LogP contribution in [0.1, 0.15) is 69.3 Å². The minimum atomic E-state index is 0.138. The highest BCUT2D eigenvalue weighted by atomic mass is 16.5. The maximum Gasteiger partial charge on any atom is 0.229 e. The second-order valence-electron chi connectivity index (χ2n) is 9.50. The summed E-state index contributed by atoms with van der Waals surface area (Å²) in [4.78, 5) is 9.29. The molecule has 4 heterocycles. The number of rotatable bonds is 6. The lowest BCUT2D eigenvalue weighted by atomic mass is 9.98. The molecule has 1 aliphatic carbocycles. The van der Waals surface area contributed by atoms with Crippen molar-refractivity contribution in [1.29, 1.82) is 0 Å².